The summed E-state index contributed by atoms with van der Waals surface area (Å²) >= 11 is 0. The Kier molecular flexibility index (Phi) is 2.54. The second-order valence-corrected chi connectivity index (χ2v) is 6.93. The molecule has 1 fully saturated rings. The first-order chi connectivity index (χ1) is 8.48. The fraction of sp³-hybridized carbons (Fsp3) is 0.667. The smallest absolute Gasteiger partial charge is 0.169 e. The number of nitrogens with one attached hydrogen (secondary N) is 1. The Hall–Kier alpha value is -1.25. The third-order valence-electron chi connectivity index (χ3n) is 3.89. The van der Waals surface area contributed by atoms with Crippen LogP contribution < -0.4 is 10.1 Å². The minimum atomic E-state index is 0.181. The van der Waals surface area contributed by atoms with Gasteiger partial charge in [0.2, 0.25) is 0 Å². The Labute approximate surface area is 109 Å². The molecule has 1 aliphatic heterocycles. The number of nitrogens with zero attached hydrogens (tertiary/aromatic N) is 1. The van der Waals surface area contributed by atoms with E-state index < -0.39 is 0 Å². The number of anilines is 1. The van der Waals surface area contributed by atoms with Gasteiger partial charge >= 0.3 is 0 Å². The average molecular weight is 246 g/mol. The molecule has 0 amide bonds. The lowest BCUT2D eigenvalue weighted by atomic mass is 9.76. The van der Waals surface area contributed by atoms with Gasteiger partial charge in [0, 0.05) is 11.8 Å². The van der Waals surface area contributed by atoms with Gasteiger partial charge in [-0.2, -0.15) is 0 Å². The lowest BCUT2D eigenvalue weighted by Gasteiger charge is -2.45. The van der Waals surface area contributed by atoms with E-state index in [0.717, 1.165) is 24.6 Å². The van der Waals surface area contributed by atoms with E-state index in [4.69, 9.17) is 4.74 Å². The van der Waals surface area contributed by atoms with Gasteiger partial charge in [-0.1, -0.05) is 20.8 Å². The van der Waals surface area contributed by atoms with Crippen molar-refractivity contribution in [3.8, 4) is 5.75 Å². The summed E-state index contributed by atoms with van der Waals surface area (Å²) in [5.41, 5.74) is 1.72. The molecule has 0 aromatic carbocycles. The van der Waals surface area contributed by atoms with Crippen molar-refractivity contribution in [2.45, 2.75) is 52.0 Å². The maximum Gasteiger partial charge on any atom is 0.169 e. The number of pyridine rings is 1. The van der Waals surface area contributed by atoms with Crippen molar-refractivity contribution in [3.63, 3.8) is 0 Å². The predicted octanol–water partition coefficient (Wildman–Crippen LogP) is 3.40. The fourth-order valence-electron chi connectivity index (χ4n) is 2.82. The minimum Gasteiger partial charge on any atom is -0.487 e. The van der Waals surface area contributed by atoms with Crippen LogP contribution in [0.5, 0.6) is 5.75 Å². The van der Waals surface area contributed by atoms with Crippen LogP contribution in [0.25, 0.3) is 0 Å². The molecule has 1 saturated carbocycles. The molecule has 0 saturated heterocycles. The van der Waals surface area contributed by atoms with Crippen molar-refractivity contribution in [2.24, 2.45) is 5.41 Å². The third-order valence-corrected chi connectivity index (χ3v) is 3.89. The Morgan fingerprint density at radius 3 is 2.78 bits per heavy atom. The van der Waals surface area contributed by atoms with Crippen LogP contribution in [0.4, 0.5) is 5.82 Å². The second kappa shape index (κ2) is 3.87. The molecular formula is C15H22N2O. The Balaban J connectivity index is 1.89. The standard InChI is InChI=1S/C15H22N2O/c1-14(2,3)9-11-5-8-16-13-12(11)18-10-15(17-13)6-4-7-15/h5,8H,4,6-7,9-10H2,1-3H3,(H,16,17). The fourth-order valence-corrected chi connectivity index (χ4v) is 2.82. The lowest BCUT2D eigenvalue weighted by molar-refractivity contribution is 0.145. The Bertz CT molecular complexity index is 458. The number of ether oxygens (including phenoxy) is 1. The molecule has 3 heteroatoms. The van der Waals surface area contributed by atoms with Gasteiger partial charge in [-0.15, -0.1) is 0 Å². The molecule has 1 N–H and O–H groups in total. The van der Waals surface area contributed by atoms with E-state index in [-0.39, 0.29) is 11.0 Å². The van der Waals surface area contributed by atoms with Gasteiger partial charge in [-0.25, -0.2) is 4.98 Å². The average Bonchev–Trinajstić information content (AvgIpc) is 2.24. The van der Waals surface area contributed by atoms with Crippen molar-refractivity contribution < 1.29 is 4.74 Å². The highest BCUT2D eigenvalue weighted by atomic mass is 16.5. The SMILES string of the molecule is CC(C)(C)Cc1ccnc2c1OCC1(CCC1)N2. The van der Waals surface area contributed by atoms with Crippen molar-refractivity contribution in [3.05, 3.63) is 17.8 Å². The molecule has 1 aromatic heterocycles. The van der Waals surface area contributed by atoms with E-state index in [2.05, 4.69) is 37.1 Å². The van der Waals surface area contributed by atoms with Crippen molar-refractivity contribution in [1.82, 2.24) is 4.98 Å². The van der Waals surface area contributed by atoms with Gasteiger partial charge in [0.05, 0.1) is 5.54 Å². The highest BCUT2D eigenvalue weighted by Gasteiger charge is 2.42. The van der Waals surface area contributed by atoms with Crippen LogP contribution >= 0.6 is 0 Å². The number of hydrogen-bond acceptors (Lipinski definition) is 3. The van der Waals surface area contributed by atoms with E-state index in [0.29, 0.717) is 0 Å². The summed E-state index contributed by atoms with van der Waals surface area (Å²) < 4.78 is 6.03. The largest absolute Gasteiger partial charge is 0.487 e. The third kappa shape index (κ3) is 2.06. The van der Waals surface area contributed by atoms with Crippen molar-refractivity contribution in [1.29, 1.82) is 0 Å². The van der Waals surface area contributed by atoms with E-state index >= 15 is 0 Å². The molecule has 2 heterocycles. The van der Waals surface area contributed by atoms with Crippen LogP contribution in [0.1, 0.15) is 45.6 Å². The molecule has 3 nitrogen and oxygen atoms in total. The van der Waals surface area contributed by atoms with Gasteiger partial charge in [0.25, 0.3) is 0 Å². The van der Waals surface area contributed by atoms with Crippen molar-refractivity contribution >= 4 is 5.82 Å². The van der Waals surface area contributed by atoms with Crippen LogP contribution in [0.15, 0.2) is 12.3 Å². The Morgan fingerprint density at radius 2 is 2.17 bits per heavy atom. The highest BCUT2D eigenvalue weighted by molar-refractivity contribution is 5.58. The summed E-state index contributed by atoms with van der Waals surface area (Å²) in [5, 5.41) is 3.60. The Morgan fingerprint density at radius 1 is 1.39 bits per heavy atom. The zero-order valence-corrected chi connectivity index (χ0v) is 11.5. The summed E-state index contributed by atoms with van der Waals surface area (Å²) in [6, 6.07) is 2.09. The first-order valence-corrected chi connectivity index (χ1v) is 6.86. The predicted molar refractivity (Wildman–Crippen MR) is 73.1 cm³/mol. The summed E-state index contributed by atoms with van der Waals surface area (Å²) in [6.45, 7) is 7.55. The highest BCUT2D eigenvalue weighted by Crippen LogP contribution is 2.43. The van der Waals surface area contributed by atoms with Crippen LogP contribution in [-0.4, -0.2) is 17.1 Å². The van der Waals surface area contributed by atoms with Crippen LogP contribution in [0.2, 0.25) is 0 Å². The minimum absolute atomic E-state index is 0.181. The maximum atomic E-state index is 6.03. The normalized spacial score (nSPS) is 20.6. The number of aromatic nitrogens is 1. The molecular weight excluding hydrogens is 224 g/mol. The quantitative estimate of drug-likeness (QED) is 0.824. The topological polar surface area (TPSA) is 34.1 Å². The number of hydrogen-bond donors (Lipinski definition) is 1. The summed E-state index contributed by atoms with van der Waals surface area (Å²) in [4.78, 5) is 4.45. The number of fused-ring (bicyclic) bond motifs is 1. The summed E-state index contributed by atoms with van der Waals surface area (Å²) in [7, 11) is 0. The first kappa shape index (κ1) is 11.8. The molecule has 1 aromatic rings. The van der Waals surface area contributed by atoms with Gasteiger partial charge in [-0.3, -0.25) is 0 Å². The molecule has 1 spiro atoms. The van der Waals surface area contributed by atoms with Gasteiger partial charge in [0.1, 0.15) is 6.61 Å². The van der Waals surface area contributed by atoms with Gasteiger partial charge in [0.15, 0.2) is 11.6 Å². The van der Waals surface area contributed by atoms with E-state index in [1.54, 1.807) is 0 Å². The summed E-state index contributed by atoms with van der Waals surface area (Å²) in [5.74, 6) is 1.92. The summed E-state index contributed by atoms with van der Waals surface area (Å²) in [6.07, 6.45) is 6.63. The van der Waals surface area contributed by atoms with E-state index in [1.165, 1.54) is 24.8 Å². The monoisotopic (exact) mass is 246 g/mol. The van der Waals surface area contributed by atoms with Crippen LogP contribution in [-0.2, 0) is 6.42 Å². The molecule has 0 bridgehead atoms. The van der Waals surface area contributed by atoms with Gasteiger partial charge < -0.3 is 10.1 Å². The lowest BCUT2D eigenvalue weighted by Crippen LogP contribution is -2.52. The van der Waals surface area contributed by atoms with E-state index in [1.807, 2.05) is 6.20 Å². The van der Waals surface area contributed by atoms with Crippen LogP contribution in [0.3, 0.4) is 0 Å². The zero-order valence-electron chi connectivity index (χ0n) is 11.5. The van der Waals surface area contributed by atoms with Crippen molar-refractivity contribution in [2.75, 3.05) is 11.9 Å². The molecule has 0 atom stereocenters. The molecule has 0 radical (unpaired) electrons. The van der Waals surface area contributed by atoms with Gasteiger partial charge in [-0.05, 0) is 37.2 Å². The van der Waals surface area contributed by atoms with E-state index in [9.17, 15) is 0 Å². The number of rotatable bonds is 1. The molecule has 1 aliphatic carbocycles. The molecule has 18 heavy (non-hydrogen) atoms. The van der Waals surface area contributed by atoms with Crippen LogP contribution in [0, 0.1) is 5.41 Å². The molecule has 3 rings (SSSR count). The second-order valence-electron chi connectivity index (χ2n) is 6.93. The molecule has 0 unspecified atom stereocenters. The molecule has 2 aliphatic rings. The zero-order chi connectivity index (χ0) is 12.8. The first-order valence-electron chi connectivity index (χ1n) is 6.86. The maximum absolute atomic E-state index is 6.03. The molecule has 98 valence electrons.